The molecule has 1 unspecified atom stereocenters. The molecule has 2 N–H and O–H groups in total. The van der Waals surface area contributed by atoms with Crippen molar-refractivity contribution >= 4 is 33.5 Å². The molecule has 1 atom stereocenters. The molecule has 3 nitrogen and oxygen atoms in total. The van der Waals surface area contributed by atoms with Crippen molar-refractivity contribution in [2.24, 2.45) is 0 Å². The van der Waals surface area contributed by atoms with Crippen LogP contribution in [0.1, 0.15) is 24.3 Å². The van der Waals surface area contributed by atoms with E-state index >= 15 is 0 Å². The van der Waals surface area contributed by atoms with Crippen LogP contribution in [0.25, 0.3) is 10.9 Å². The lowest BCUT2D eigenvalue weighted by Gasteiger charge is -2.09. The first-order valence-electron chi connectivity index (χ1n) is 4.97. The number of halogens is 1. The second kappa shape index (κ2) is 4.18. The van der Waals surface area contributed by atoms with Gasteiger partial charge in [-0.15, -0.1) is 0 Å². The van der Waals surface area contributed by atoms with Gasteiger partial charge in [-0.3, -0.25) is 0 Å². The van der Waals surface area contributed by atoms with Gasteiger partial charge in [0.15, 0.2) is 0 Å². The molecule has 0 fully saturated rings. The smallest absolute Gasteiger partial charge is 0.144 e. The Labute approximate surface area is 107 Å². The molecule has 1 heterocycles. The largest absolute Gasteiger partial charge is 0.505 e. The number of hydrogen-bond acceptors (Lipinski definition) is 3. The summed E-state index contributed by atoms with van der Waals surface area (Å²) in [5.74, 6) is 0.193. The van der Waals surface area contributed by atoms with Gasteiger partial charge in [-0.05, 0) is 60.2 Å². The molecule has 0 radical (unpaired) electrons. The van der Waals surface area contributed by atoms with Crippen molar-refractivity contribution in [2.45, 2.75) is 20.0 Å². The summed E-state index contributed by atoms with van der Waals surface area (Å²) in [5, 5.41) is 20.3. The van der Waals surface area contributed by atoms with Gasteiger partial charge in [0.2, 0.25) is 0 Å². The molecule has 0 aliphatic rings. The molecule has 0 amide bonds. The molecule has 2 rings (SSSR count). The van der Waals surface area contributed by atoms with E-state index in [2.05, 4.69) is 27.6 Å². The number of nitrogens with zero attached hydrogens (tertiary/aromatic N) is 1. The molecular weight excluding hydrogens is 317 g/mol. The fraction of sp³-hybridized carbons (Fsp3) is 0.250. The quantitative estimate of drug-likeness (QED) is 0.791. The van der Waals surface area contributed by atoms with Crippen LogP contribution < -0.4 is 0 Å². The summed E-state index contributed by atoms with van der Waals surface area (Å²) in [4.78, 5) is 4.29. The number of hydrogen-bond donors (Lipinski definition) is 2. The standard InChI is InChI=1S/C12H12INO2/c1-6-5-9(13)8-3-4-10(7(2)15)14-11(8)12(6)16/h3-5,7,15-16H,1-2H3. The zero-order valence-corrected chi connectivity index (χ0v) is 11.2. The third kappa shape index (κ3) is 1.87. The maximum atomic E-state index is 9.94. The predicted octanol–water partition coefficient (Wildman–Crippen LogP) is 2.91. The van der Waals surface area contributed by atoms with E-state index < -0.39 is 6.10 Å². The zero-order valence-electron chi connectivity index (χ0n) is 9.03. The van der Waals surface area contributed by atoms with Crippen LogP contribution >= 0.6 is 22.6 Å². The maximum Gasteiger partial charge on any atom is 0.144 e. The van der Waals surface area contributed by atoms with Gasteiger partial charge in [-0.2, -0.15) is 0 Å². The van der Waals surface area contributed by atoms with E-state index in [9.17, 15) is 10.2 Å². The monoisotopic (exact) mass is 329 g/mol. The Balaban J connectivity index is 2.81. The summed E-state index contributed by atoms with van der Waals surface area (Å²) in [7, 11) is 0. The number of benzene rings is 1. The van der Waals surface area contributed by atoms with E-state index in [0.29, 0.717) is 11.2 Å². The first-order valence-corrected chi connectivity index (χ1v) is 6.05. The van der Waals surface area contributed by atoms with Gasteiger partial charge >= 0.3 is 0 Å². The number of aryl methyl sites for hydroxylation is 1. The number of phenols is 1. The highest BCUT2D eigenvalue weighted by Crippen LogP contribution is 2.31. The summed E-state index contributed by atoms with van der Waals surface area (Å²) in [6.45, 7) is 3.50. The van der Waals surface area contributed by atoms with E-state index in [1.54, 1.807) is 13.0 Å². The number of aromatic hydroxyl groups is 1. The molecule has 4 heteroatoms. The number of phenolic OH excluding ortho intramolecular Hbond substituents is 1. The van der Waals surface area contributed by atoms with Gasteiger partial charge in [0.1, 0.15) is 11.3 Å². The van der Waals surface area contributed by atoms with Crippen molar-refractivity contribution in [2.75, 3.05) is 0 Å². The summed E-state index contributed by atoms with van der Waals surface area (Å²) in [5.41, 5.74) is 1.93. The Morgan fingerprint density at radius 3 is 2.69 bits per heavy atom. The molecule has 16 heavy (non-hydrogen) atoms. The second-order valence-electron chi connectivity index (χ2n) is 3.83. The lowest BCUT2D eigenvalue weighted by atomic mass is 10.1. The normalized spacial score (nSPS) is 13.0. The number of aliphatic hydroxyl groups is 1. The molecule has 1 aromatic heterocycles. The van der Waals surface area contributed by atoms with E-state index in [1.807, 2.05) is 19.1 Å². The van der Waals surface area contributed by atoms with Crippen molar-refractivity contribution in [3.8, 4) is 5.75 Å². The molecule has 0 bridgehead atoms. The van der Waals surface area contributed by atoms with E-state index in [4.69, 9.17) is 0 Å². The van der Waals surface area contributed by atoms with Crippen molar-refractivity contribution in [1.29, 1.82) is 0 Å². The lowest BCUT2D eigenvalue weighted by molar-refractivity contribution is 0.194. The van der Waals surface area contributed by atoms with E-state index in [1.165, 1.54) is 0 Å². The van der Waals surface area contributed by atoms with Crippen LogP contribution in [0.3, 0.4) is 0 Å². The van der Waals surface area contributed by atoms with Gasteiger partial charge < -0.3 is 10.2 Å². The Hall–Kier alpha value is -0.880. The summed E-state index contributed by atoms with van der Waals surface area (Å²) in [6, 6.07) is 5.58. The van der Waals surface area contributed by atoms with Gasteiger partial charge in [0.25, 0.3) is 0 Å². The fourth-order valence-electron chi connectivity index (χ4n) is 1.60. The molecule has 0 saturated heterocycles. The molecule has 0 spiro atoms. The minimum Gasteiger partial charge on any atom is -0.505 e. The molecule has 0 aliphatic carbocycles. The number of rotatable bonds is 1. The van der Waals surface area contributed by atoms with E-state index in [-0.39, 0.29) is 5.75 Å². The Kier molecular flexibility index (Phi) is 3.03. The maximum absolute atomic E-state index is 9.94. The topological polar surface area (TPSA) is 53.4 Å². The van der Waals surface area contributed by atoms with Crippen LogP contribution in [0, 0.1) is 10.5 Å². The highest BCUT2D eigenvalue weighted by Gasteiger charge is 2.11. The molecule has 1 aromatic carbocycles. The third-order valence-corrected chi connectivity index (χ3v) is 3.44. The molecule has 0 saturated carbocycles. The molecule has 2 aromatic rings. The Morgan fingerprint density at radius 1 is 1.38 bits per heavy atom. The van der Waals surface area contributed by atoms with Crippen molar-refractivity contribution in [1.82, 2.24) is 4.98 Å². The molecule has 84 valence electrons. The van der Waals surface area contributed by atoms with Crippen LogP contribution in [-0.4, -0.2) is 15.2 Å². The van der Waals surface area contributed by atoms with Crippen LogP contribution in [0.15, 0.2) is 18.2 Å². The SMILES string of the molecule is Cc1cc(I)c2ccc(C(C)O)nc2c1O. The lowest BCUT2D eigenvalue weighted by Crippen LogP contribution is -1.96. The minimum absolute atomic E-state index is 0.193. The average molecular weight is 329 g/mol. The van der Waals surface area contributed by atoms with Gasteiger partial charge in [-0.25, -0.2) is 4.98 Å². The molecule has 0 aliphatic heterocycles. The summed E-state index contributed by atoms with van der Waals surface area (Å²) in [6.07, 6.45) is -0.623. The van der Waals surface area contributed by atoms with Crippen molar-refractivity contribution < 1.29 is 10.2 Å². The fourth-order valence-corrected chi connectivity index (χ4v) is 2.51. The van der Waals surface area contributed by atoms with Crippen molar-refractivity contribution in [3.63, 3.8) is 0 Å². The number of aromatic nitrogens is 1. The van der Waals surface area contributed by atoms with Crippen molar-refractivity contribution in [3.05, 3.63) is 33.0 Å². The van der Waals surface area contributed by atoms with Gasteiger partial charge in [0.05, 0.1) is 11.8 Å². The second-order valence-corrected chi connectivity index (χ2v) is 4.99. The Bertz CT molecular complexity index is 552. The summed E-state index contributed by atoms with van der Waals surface area (Å²) >= 11 is 2.22. The average Bonchev–Trinajstić information content (AvgIpc) is 2.25. The number of fused-ring (bicyclic) bond motifs is 1. The molecular formula is C12H12INO2. The number of pyridine rings is 1. The van der Waals surface area contributed by atoms with Crippen LogP contribution in [0.5, 0.6) is 5.75 Å². The minimum atomic E-state index is -0.623. The van der Waals surface area contributed by atoms with E-state index in [0.717, 1.165) is 14.5 Å². The third-order valence-electron chi connectivity index (χ3n) is 2.54. The number of aliphatic hydroxyl groups excluding tert-OH is 1. The predicted molar refractivity (Wildman–Crippen MR) is 71.5 cm³/mol. The highest BCUT2D eigenvalue weighted by atomic mass is 127. The van der Waals surface area contributed by atoms with Crippen LogP contribution in [-0.2, 0) is 0 Å². The van der Waals surface area contributed by atoms with Crippen LogP contribution in [0.2, 0.25) is 0 Å². The van der Waals surface area contributed by atoms with Gasteiger partial charge in [0, 0.05) is 8.96 Å². The van der Waals surface area contributed by atoms with Gasteiger partial charge in [-0.1, -0.05) is 0 Å². The zero-order chi connectivity index (χ0) is 11.9. The Morgan fingerprint density at radius 2 is 2.06 bits per heavy atom. The first kappa shape index (κ1) is 11.6. The first-order chi connectivity index (χ1) is 7.50. The highest BCUT2D eigenvalue weighted by molar-refractivity contribution is 14.1. The van der Waals surface area contributed by atoms with Crippen LogP contribution in [0.4, 0.5) is 0 Å². The summed E-state index contributed by atoms with van der Waals surface area (Å²) < 4.78 is 1.05.